The number of ether oxygens (including phenoxy) is 1. The molecule has 1 saturated heterocycles. The van der Waals surface area contributed by atoms with E-state index in [-0.39, 0.29) is 0 Å². The van der Waals surface area contributed by atoms with Crippen molar-refractivity contribution in [1.82, 2.24) is 5.43 Å². The molecule has 0 aromatic carbocycles. The predicted molar refractivity (Wildman–Crippen MR) is 56.6 cm³/mol. The van der Waals surface area contributed by atoms with Crippen LogP contribution in [0.15, 0.2) is 11.6 Å². The van der Waals surface area contributed by atoms with Gasteiger partial charge in [0.1, 0.15) is 0 Å². The molecule has 1 aliphatic carbocycles. The fraction of sp³-hybridized carbons (Fsp3) is 0.818. The number of rotatable bonds is 3. The van der Waals surface area contributed by atoms with Crippen molar-refractivity contribution in [1.29, 1.82) is 0 Å². The summed E-state index contributed by atoms with van der Waals surface area (Å²) < 4.78 is 5.41. The van der Waals surface area contributed by atoms with Gasteiger partial charge in [-0.25, -0.2) is 0 Å². The van der Waals surface area contributed by atoms with Gasteiger partial charge in [-0.05, 0) is 32.1 Å². The van der Waals surface area contributed by atoms with Crippen LogP contribution in [0.4, 0.5) is 0 Å². The summed E-state index contributed by atoms with van der Waals surface area (Å²) in [6.45, 7) is 1.77. The molecule has 1 heterocycles. The van der Waals surface area contributed by atoms with E-state index in [4.69, 9.17) is 10.6 Å². The first-order valence-electron chi connectivity index (χ1n) is 5.64. The summed E-state index contributed by atoms with van der Waals surface area (Å²) in [6, 6.07) is 0.359. The minimum Gasteiger partial charge on any atom is -0.381 e. The van der Waals surface area contributed by atoms with E-state index in [9.17, 15) is 0 Å². The summed E-state index contributed by atoms with van der Waals surface area (Å²) in [5.74, 6) is 6.22. The number of hydrazine groups is 1. The summed E-state index contributed by atoms with van der Waals surface area (Å²) in [5, 5.41) is 0. The molecular formula is C11H20N2O. The van der Waals surface area contributed by atoms with Gasteiger partial charge < -0.3 is 4.74 Å². The van der Waals surface area contributed by atoms with Crippen molar-refractivity contribution >= 4 is 0 Å². The normalized spacial score (nSPS) is 30.1. The van der Waals surface area contributed by atoms with E-state index in [1.165, 1.54) is 31.3 Å². The first-order chi connectivity index (χ1) is 6.92. The Morgan fingerprint density at radius 2 is 2.43 bits per heavy atom. The van der Waals surface area contributed by atoms with Gasteiger partial charge >= 0.3 is 0 Å². The Balaban J connectivity index is 1.99. The highest BCUT2D eigenvalue weighted by Crippen LogP contribution is 2.27. The molecule has 0 spiro atoms. The molecule has 80 valence electrons. The van der Waals surface area contributed by atoms with Gasteiger partial charge in [0.2, 0.25) is 0 Å². The molecule has 2 atom stereocenters. The zero-order chi connectivity index (χ0) is 9.80. The van der Waals surface area contributed by atoms with Crippen LogP contribution >= 0.6 is 0 Å². The highest BCUT2D eigenvalue weighted by atomic mass is 16.5. The van der Waals surface area contributed by atoms with Crippen LogP contribution in [0.5, 0.6) is 0 Å². The van der Waals surface area contributed by atoms with Crippen LogP contribution in [0.3, 0.4) is 0 Å². The van der Waals surface area contributed by atoms with Crippen LogP contribution in [0.25, 0.3) is 0 Å². The van der Waals surface area contributed by atoms with Crippen molar-refractivity contribution in [2.75, 3.05) is 13.2 Å². The molecule has 0 saturated carbocycles. The Hall–Kier alpha value is -0.380. The molecule has 3 heteroatoms. The Bertz CT molecular complexity index is 209. The van der Waals surface area contributed by atoms with Gasteiger partial charge in [0, 0.05) is 18.6 Å². The molecule has 2 unspecified atom stereocenters. The second-order valence-corrected chi connectivity index (χ2v) is 4.29. The largest absolute Gasteiger partial charge is 0.381 e. The molecule has 0 aromatic heterocycles. The topological polar surface area (TPSA) is 47.3 Å². The second-order valence-electron chi connectivity index (χ2n) is 4.29. The lowest BCUT2D eigenvalue weighted by molar-refractivity contribution is 0.179. The van der Waals surface area contributed by atoms with Crippen LogP contribution in [0.1, 0.15) is 32.1 Å². The summed E-state index contributed by atoms with van der Waals surface area (Å²) in [6.07, 6.45) is 8.60. The van der Waals surface area contributed by atoms with Gasteiger partial charge in [-0.2, -0.15) is 0 Å². The number of allylic oxidation sites excluding steroid dienone is 1. The summed E-state index contributed by atoms with van der Waals surface area (Å²) >= 11 is 0. The van der Waals surface area contributed by atoms with Crippen molar-refractivity contribution in [2.45, 2.75) is 38.1 Å². The van der Waals surface area contributed by atoms with Gasteiger partial charge in [-0.3, -0.25) is 11.3 Å². The average Bonchev–Trinajstić information content (AvgIpc) is 2.74. The minimum absolute atomic E-state index is 0.359. The Morgan fingerprint density at radius 3 is 3.00 bits per heavy atom. The predicted octanol–water partition coefficient (Wildman–Crippen LogP) is 1.36. The van der Waals surface area contributed by atoms with Crippen LogP contribution in [0.2, 0.25) is 0 Å². The van der Waals surface area contributed by atoms with Crippen molar-refractivity contribution < 1.29 is 4.74 Å². The smallest absolute Gasteiger partial charge is 0.0513 e. The van der Waals surface area contributed by atoms with Gasteiger partial charge in [-0.15, -0.1) is 0 Å². The van der Waals surface area contributed by atoms with Gasteiger partial charge in [0.25, 0.3) is 0 Å². The lowest BCUT2D eigenvalue weighted by atomic mass is 9.86. The van der Waals surface area contributed by atoms with E-state index in [0.717, 1.165) is 19.6 Å². The van der Waals surface area contributed by atoms with Gasteiger partial charge in [0.15, 0.2) is 0 Å². The Morgan fingerprint density at radius 1 is 1.50 bits per heavy atom. The van der Waals surface area contributed by atoms with Crippen LogP contribution in [0, 0.1) is 5.92 Å². The standard InChI is InChI=1S/C11H20N2O/c12-13-11(10-6-7-14-8-10)9-4-2-1-3-5-9/h4,10-11,13H,1-3,5-8,12H2. The Kier molecular flexibility index (Phi) is 3.56. The maximum atomic E-state index is 5.64. The highest BCUT2D eigenvalue weighted by molar-refractivity contribution is 5.14. The van der Waals surface area contributed by atoms with E-state index in [0.29, 0.717) is 12.0 Å². The molecule has 0 bridgehead atoms. The fourth-order valence-electron chi connectivity index (χ4n) is 2.51. The zero-order valence-electron chi connectivity index (χ0n) is 8.67. The van der Waals surface area contributed by atoms with Crippen molar-refractivity contribution in [3.05, 3.63) is 11.6 Å². The summed E-state index contributed by atoms with van der Waals surface area (Å²) in [5.41, 5.74) is 4.47. The Labute approximate surface area is 85.7 Å². The number of nitrogens with two attached hydrogens (primary N) is 1. The molecule has 3 nitrogen and oxygen atoms in total. The molecule has 0 radical (unpaired) electrons. The number of hydrogen-bond acceptors (Lipinski definition) is 3. The van der Waals surface area contributed by atoms with Gasteiger partial charge in [-0.1, -0.05) is 11.6 Å². The van der Waals surface area contributed by atoms with Gasteiger partial charge in [0.05, 0.1) is 6.61 Å². The number of nitrogens with one attached hydrogen (secondary N) is 1. The van der Waals surface area contributed by atoms with Crippen molar-refractivity contribution in [3.63, 3.8) is 0 Å². The molecule has 14 heavy (non-hydrogen) atoms. The molecule has 0 aromatic rings. The van der Waals surface area contributed by atoms with Crippen molar-refractivity contribution in [2.24, 2.45) is 11.8 Å². The van der Waals surface area contributed by atoms with Crippen LogP contribution in [-0.4, -0.2) is 19.3 Å². The average molecular weight is 196 g/mol. The van der Waals surface area contributed by atoms with E-state index in [2.05, 4.69) is 11.5 Å². The summed E-state index contributed by atoms with van der Waals surface area (Å²) in [7, 11) is 0. The lowest BCUT2D eigenvalue weighted by Crippen LogP contribution is -2.43. The summed E-state index contributed by atoms with van der Waals surface area (Å²) in [4.78, 5) is 0. The molecule has 1 aliphatic heterocycles. The zero-order valence-corrected chi connectivity index (χ0v) is 8.67. The highest BCUT2D eigenvalue weighted by Gasteiger charge is 2.27. The second kappa shape index (κ2) is 4.91. The fourth-order valence-corrected chi connectivity index (χ4v) is 2.51. The monoisotopic (exact) mass is 196 g/mol. The molecule has 1 fully saturated rings. The van der Waals surface area contributed by atoms with Crippen LogP contribution in [-0.2, 0) is 4.74 Å². The molecular weight excluding hydrogens is 176 g/mol. The lowest BCUT2D eigenvalue weighted by Gasteiger charge is -2.26. The maximum Gasteiger partial charge on any atom is 0.0513 e. The van der Waals surface area contributed by atoms with E-state index < -0.39 is 0 Å². The van der Waals surface area contributed by atoms with E-state index in [1.807, 2.05) is 0 Å². The molecule has 3 N–H and O–H groups in total. The quantitative estimate of drug-likeness (QED) is 0.407. The van der Waals surface area contributed by atoms with Crippen molar-refractivity contribution in [3.8, 4) is 0 Å². The van der Waals surface area contributed by atoms with Crippen LogP contribution < -0.4 is 11.3 Å². The minimum atomic E-state index is 0.359. The third kappa shape index (κ3) is 2.16. The SMILES string of the molecule is NNC(C1=CCCCC1)C1CCOC1. The maximum absolute atomic E-state index is 5.64. The third-order valence-electron chi connectivity index (χ3n) is 3.34. The third-order valence-corrected chi connectivity index (χ3v) is 3.34. The molecule has 0 amide bonds. The first-order valence-corrected chi connectivity index (χ1v) is 5.64. The molecule has 2 aliphatic rings. The van der Waals surface area contributed by atoms with E-state index in [1.54, 1.807) is 0 Å². The van der Waals surface area contributed by atoms with E-state index >= 15 is 0 Å². The first kappa shape index (κ1) is 10.1. The number of hydrogen-bond donors (Lipinski definition) is 2. The molecule has 2 rings (SSSR count).